The van der Waals surface area contributed by atoms with Crippen molar-refractivity contribution in [3.8, 4) is 0 Å². The molecule has 0 aromatic rings. The zero-order valence-electron chi connectivity index (χ0n) is 15.6. The van der Waals surface area contributed by atoms with Gasteiger partial charge in [-0.05, 0) is 33.2 Å². The van der Waals surface area contributed by atoms with Crippen LogP contribution < -0.4 is 10.6 Å². The highest BCUT2D eigenvalue weighted by molar-refractivity contribution is 14.0. The highest BCUT2D eigenvalue weighted by Gasteiger charge is 2.42. The number of amides is 1. The van der Waals surface area contributed by atoms with Crippen molar-refractivity contribution < 1.29 is 4.79 Å². The summed E-state index contributed by atoms with van der Waals surface area (Å²) >= 11 is 0. The fourth-order valence-corrected chi connectivity index (χ4v) is 3.64. The lowest BCUT2D eigenvalue weighted by atomic mass is 9.79. The minimum absolute atomic E-state index is 0. The third-order valence-electron chi connectivity index (χ3n) is 5.46. The van der Waals surface area contributed by atoms with Crippen molar-refractivity contribution in [2.45, 2.75) is 45.6 Å². The van der Waals surface area contributed by atoms with Gasteiger partial charge in [0.15, 0.2) is 5.96 Å². The molecule has 0 aromatic carbocycles. The Morgan fingerprint density at radius 3 is 2.88 bits per heavy atom. The summed E-state index contributed by atoms with van der Waals surface area (Å²) in [6.45, 7) is 9.14. The normalized spacial score (nSPS) is 25.6. The van der Waals surface area contributed by atoms with Crippen LogP contribution in [0.5, 0.6) is 0 Å². The average Bonchev–Trinajstić information content (AvgIpc) is 2.90. The second-order valence-electron chi connectivity index (χ2n) is 7.19. The molecule has 2 saturated heterocycles. The number of halogens is 1. The Kier molecular flexibility index (Phi) is 8.76. The SMILES string of the molecule is CCC(C)N(C)CCNC(=NC)N1CCCC2(CNC(=O)C2)C1.I. The Labute approximate surface area is 163 Å². The number of likely N-dealkylation sites (N-methyl/N-ethyl adjacent to an activating group) is 1. The van der Waals surface area contributed by atoms with Crippen molar-refractivity contribution in [3.05, 3.63) is 0 Å². The van der Waals surface area contributed by atoms with Crippen LogP contribution in [0.4, 0.5) is 0 Å². The van der Waals surface area contributed by atoms with E-state index in [1.54, 1.807) is 0 Å². The van der Waals surface area contributed by atoms with Crippen LogP contribution in [-0.2, 0) is 4.79 Å². The van der Waals surface area contributed by atoms with Gasteiger partial charge in [-0.15, -0.1) is 24.0 Å². The summed E-state index contributed by atoms with van der Waals surface area (Å²) in [6, 6.07) is 0.604. The molecule has 0 aromatic heterocycles. The van der Waals surface area contributed by atoms with Gasteiger partial charge in [-0.25, -0.2) is 0 Å². The van der Waals surface area contributed by atoms with Gasteiger partial charge in [0.2, 0.25) is 5.91 Å². The van der Waals surface area contributed by atoms with E-state index in [1.165, 1.54) is 6.42 Å². The molecule has 0 aliphatic carbocycles. The number of likely N-dealkylation sites (tertiary alicyclic amines) is 1. The van der Waals surface area contributed by atoms with Crippen LogP contribution in [-0.4, -0.2) is 74.5 Å². The van der Waals surface area contributed by atoms with E-state index in [0.29, 0.717) is 12.5 Å². The quantitative estimate of drug-likeness (QED) is 0.378. The molecular formula is C17H34IN5O. The van der Waals surface area contributed by atoms with Gasteiger partial charge in [-0.2, -0.15) is 0 Å². The largest absolute Gasteiger partial charge is 0.355 e. The number of nitrogens with zero attached hydrogens (tertiary/aromatic N) is 3. The highest BCUT2D eigenvalue weighted by atomic mass is 127. The van der Waals surface area contributed by atoms with E-state index in [4.69, 9.17) is 0 Å². The van der Waals surface area contributed by atoms with Crippen molar-refractivity contribution in [1.82, 2.24) is 20.4 Å². The summed E-state index contributed by atoms with van der Waals surface area (Å²) in [5.41, 5.74) is 0.112. The zero-order valence-corrected chi connectivity index (χ0v) is 17.9. The number of carbonyl (C=O) groups excluding carboxylic acids is 1. The van der Waals surface area contributed by atoms with E-state index in [2.05, 4.69) is 46.3 Å². The van der Waals surface area contributed by atoms with Gasteiger partial charge in [0.05, 0.1) is 0 Å². The molecule has 24 heavy (non-hydrogen) atoms. The number of nitrogens with one attached hydrogen (secondary N) is 2. The van der Waals surface area contributed by atoms with Crippen molar-refractivity contribution in [3.63, 3.8) is 0 Å². The lowest BCUT2D eigenvalue weighted by molar-refractivity contribution is -0.119. The van der Waals surface area contributed by atoms with E-state index >= 15 is 0 Å². The van der Waals surface area contributed by atoms with Crippen LogP contribution in [0.3, 0.4) is 0 Å². The highest BCUT2D eigenvalue weighted by Crippen LogP contribution is 2.35. The third kappa shape index (κ3) is 5.47. The molecule has 2 aliphatic heterocycles. The maximum atomic E-state index is 11.6. The average molecular weight is 451 g/mol. The molecule has 2 atom stereocenters. The number of hydrogen-bond donors (Lipinski definition) is 2. The lowest BCUT2D eigenvalue weighted by Crippen LogP contribution is -2.52. The van der Waals surface area contributed by atoms with Crippen molar-refractivity contribution in [2.24, 2.45) is 10.4 Å². The molecule has 2 rings (SSSR count). The first-order valence-electron chi connectivity index (χ1n) is 8.92. The standard InChI is InChI=1S/C17H33N5O.HI/c1-5-14(2)21(4)10-8-19-16(18-3)22-9-6-7-17(13-22)11-15(23)20-12-17;/h14H,5-13H2,1-4H3,(H,18,19)(H,20,23);1H. The molecule has 1 spiro atoms. The van der Waals surface area contributed by atoms with E-state index in [-0.39, 0.29) is 35.3 Å². The molecule has 0 radical (unpaired) electrons. The molecule has 2 aliphatic rings. The number of carbonyl (C=O) groups is 1. The Balaban J connectivity index is 0.00000288. The van der Waals surface area contributed by atoms with Gasteiger partial charge < -0.3 is 20.4 Å². The van der Waals surface area contributed by atoms with Crippen LogP contribution in [0, 0.1) is 5.41 Å². The van der Waals surface area contributed by atoms with Crippen LogP contribution in [0.15, 0.2) is 4.99 Å². The summed E-state index contributed by atoms with van der Waals surface area (Å²) in [5.74, 6) is 1.17. The monoisotopic (exact) mass is 451 g/mol. The summed E-state index contributed by atoms with van der Waals surface area (Å²) in [6.07, 6.45) is 4.09. The Bertz CT molecular complexity index is 445. The molecule has 1 amide bonds. The summed E-state index contributed by atoms with van der Waals surface area (Å²) in [4.78, 5) is 20.8. The fraction of sp³-hybridized carbons (Fsp3) is 0.882. The molecule has 2 fully saturated rings. The van der Waals surface area contributed by atoms with Crippen molar-refractivity contribution in [1.29, 1.82) is 0 Å². The number of aliphatic imine (C=N–C) groups is 1. The first kappa shape index (κ1) is 21.5. The predicted molar refractivity (Wildman–Crippen MR) is 110 cm³/mol. The number of guanidine groups is 1. The smallest absolute Gasteiger partial charge is 0.220 e. The second kappa shape index (κ2) is 9.79. The van der Waals surface area contributed by atoms with Crippen LogP contribution >= 0.6 is 24.0 Å². The maximum absolute atomic E-state index is 11.6. The fourth-order valence-electron chi connectivity index (χ4n) is 3.64. The Morgan fingerprint density at radius 2 is 2.29 bits per heavy atom. The topological polar surface area (TPSA) is 60.0 Å². The minimum atomic E-state index is 0. The first-order valence-corrected chi connectivity index (χ1v) is 8.92. The summed E-state index contributed by atoms with van der Waals surface area (Å²) < 4.78 is 0. The van der Waals surface area contributed by atoms with Crippen molar-refractivity contribution in [2.75, 3.05) is 46.8 Å². The lowest BCUT2D eigenvalue weighted by Gasteiger charge is -2.41. The zero-order chi connectivity index (χ0) is 16.9. The van der Waals surface area contributed by atoms with E-state index in [1.807, 2.05) is 7.05 Å². The summed E-state index contributed by atoms with van der Waals surface area (Å²) in [7, 11) is 4.02. The van der Waals surface area contributed by atoms with E-state index in [9.17, 15) is 4.79 Å². The minimum Gasteiger partial charge on any atom is -0.355 e. The molecule has 2 N–H and O–H groups in total. The molecule has 0 saturated carbocycles. The molecule has 0 bridgehead atoms. The first-order chi connectivity index (χ1) is 11.0. The van der Waals surface area contributed by atoms with Crippen LogP contribution in [0.25, 0.3) is 0 Å². The number of piperidine rings is 1. The van der Waals surface area contributed by atoms with E-state index in [0.717, 1.165) is 51.5 Å². The van der Waals surface area contributed by atoms with Gasteiger partial charge in [0, 0.05) is 57.6 Å². The molecule has 6 nitrogen and oxygen atoms in total. The molecule has 7 heteroatoms. The van der Waals surface area contributed by atoms with Gasteiger partial charge >= 0.3 is 0 Å². The molecule has 2 heterocycles. The van der Waals surface area contributed by atoms with Gasteiger partial charge in [-0.3, -0.25) is 9.79 Å². The molecule has 2 unspecified atom stereocenters. The van der Waals surface area contributed by atoms with Gasteiger partial charge in [-0.1, -0.05) is 6.92 Å². The van der Waals surface area contributed by atoms with Crippen LogP contribution in [0.1, 0.15) is 39.5 Å². The molecular weight excluding hydrogens is 417 g/mol. The van der Waals surface area contributed by atoms with Gasteiger partial charge in [0.25, 0.3) is 0 Å². The van der Waals surface area contributed by atoms with Crippen molar-refractivity contribution >= 4 is 35.8 Å². The predicted octanol–water partition coefficient (Wildman–Crippen LogP) is 1.51. The van der Waals surface area contributed by atoms with Gasteiger partial charge in [0.1, 0.15) is 0 Å². The summed E-state index contributed by atoms with van der Waals surface area (Å²) in [5, 5.41) is 6.50. The number of hydrogen-bond acceptors (Lipinski definition) is 3. The Hall–Kier alpha value is -0.570. The second-order valence-corrected chi connectivity index (χ2v) is 7.19. The number of rotatable bonds is 5. The Morgan fingerprint density at radius 1 is 1.54 bits per heavy atom. The third-order valence-corrected chi connectivity index (χ3v) is 5.46. The van der Waals surface area contributed by atoms with E-state index < -0.39 is 0 Å². The van der Waals surface area contributed by atoms with Crippen LogP contribution in [0.2, 0.25) is 0 Å². The maximum Gasteiger partial charge on any atom is 0.220 e. The molecule has 140 valence electrons.